The zero-order valence-corrected chi connectivity index (χ0v) is 13.3. The van der Waals surface area contributed by atoms with Gasteiger partial charge in [0.05, 0.1) is 0 Å². The monoisotopic (exact) mass is 316 g/mol. The van der Waals surface area contributed by atoms with Crippen molar-refractivity contribution in [1.29, 1.82) is 0 Å². The van der Waals surface area contributed by atoms with Crippen LogP contribution in [-0.4, -0.2) is 29.6 Å². The Labute approximate surface area is 136 Å². The minimum atomic E-state index is -0.0717. The van der Waals surface area contributed by atoms with Gasteiger partial charge in [0.1, 0.15) is 0 Å². The number of carbonyl (C=O) groups excluding carboxylic acids is 2. The second kappa shape index (κ2) is 7.13. The van der Waals surface area contributed by atoms with Crippen LogP contribution in [0.3, 0.4) is 0 Å². The molecule has 1 aromatic rings. The number of aliphatic hydroxyl groups is 1. The van der Waals surface area contributed by atoms with Crippen LogP contribution < -0.4 is 10.6 Å². The van der Waals surface area contributed by atoms with E-state index in [4.69, 9.17) is 5.11 Å². The lowest BCUT2D eigenvalue weighted by molar-refractivity contribution is -0.117. The fourth-order valence-electron chi connectivity index (χ4n) is 3.05. The van der Waals surface area contributed by atoms with Crippen LogP contribution in [0.1, 0.15) is 48.9 Å². The number of hydrogen-bond donors (Lipinski definition) is 3. The molecule has 0 unspecified atom stereocenters. The van der Waals surface area contributed by atoms with Crippen molar-refractivity contribution < 1.29 is 14.7 Å². The molecule has 23 heavy (non-hydrogen) atoms. The van der Waals surface area contributed by atoms with Crippen LogP contribution in [-0.2, 0) is 4.79 Å². The van der Waals surface area contributed by atoms with Crippen LogP contribution in [0.15, 0.2) is 24.3 Å². The highest BCUT2D eigenvalue weighted by Crippen LogP contribution is 2.30. The maximum Gasteiger partial charge on any atom is 0.251 e. The van der Waals surface area contributed by atoms with Crippen molar-refractivity contribution in [3.05, 3.63) is 29.8 Å². The van der Waals surface area contributed by atoms with E-state index in [1.165, 1.54) is 0 Å². The fourth-order valence-corrected chi connectivity index (χ4v) is 3.05. The van der Waals surface area contributed by atoms with E-state index < -0.39 is 0 Å². The molecule has 2 fully saturated rings. The Morgan fingerprint density at radius 3 is 2.22 bits per heavy atom. The summed E-state index contributed by atoms with van der Waals surface area (Å²) >= 11 is 0. The van der Waals surface area contributed by atoms with Crippen LogP contribution in [0, 0.1) is 11.8 Å². The van der Waals surface area contributed by atoms with Crippen LogP contribution in [0.25, 0.3) is 0 Å². The summed E-state index contributed by atoms with van der Waals surface area (Å²) < 4.78 is 0. The molecule has 3 rings (SSSR count). The molecule has 2 aliphatic carbocycles. The van der Waals surface area contributed by atoms with Gasteiger partial charge in [0.15, 0.2) is 0 Å². The predicted octanol–water partition coefficient (Wildman–Crippen LogP) is 2.32. The number of anilines is 1. The second-order valence-corrected chi connectivity index (χ2v) is 6.71. The van der Waals surface area contributed by atoms with E-state index in [0.29, 0.717) is 11.5 Å². The van der Waals surface area contributed by atoms with E-state index in [0.717, 1.165) is 44.2 Å². The molecule has 2 amide bonds. The van der Waals surface area contributed by atoms with E-state index in [9.17, 15) is 9.59 Å². The zero-order valence-electron chi connectivity index (χ0n) is 13.3. The molecule has 0 bridgehead atoms. The molecule has 0 atom stereocenters. The highest BCUT2D eigenvalue weighted by Gasteiger charge is 2.29. The molecule has 2 saturated carbocycles. The van der Waals surface area contributed by atoms with E-state index >= 15 is 0 Å². The molecular weight excluding hydrogens is 292 g/mol. The summed E-state index contributed by atoms with van der Waals surface area (Å²) in [6.45, 7) is 0.245. The van der Waals surface area contributed by atoms with Crippen molar-refractivity contribution in [3.63, 3.8) is 0 Å². The Balaban J connectivity index is 1.50. The van der Waals surface area contributed by atoms with Gasteiger partial charge in [-0.25, -0.2) is 0 Å². The van der Waals surface area contributed by atoms with Gasteiger partial charge < -0.3 is 15.7 Å². The second-order valence-electron chi connectivity index (χ2n) is 6.71. The lowest BCUT2D eigenvalue weighted by Gasteiger charge is -2.28. The molecule has 0 saturated heterocycles. The minimum absolute atomic E-state index is 0.0717. The van der Waals surface area contributed by atoms with Crippen LogP contribution >= 0.6 is 0 Å². The van der Waals surface area contributed by atoms with Crippen molar-refractivity contribution >= 4 is 17.5 Å². The number of hydrogen-bond acceptors (Lipinski definition) is 3. The number of carbonyl (C=O) groups is 2. The average molecular weight is 316 g/mol. The molecular formula is C18H24N2O3. The third-order valence-corrected chi connectivity index (χ3v) is 4.80. The lowest BCUT2D eigenvalue weighted by Crippen LogP contribution is -2.38. The van der Waals surface area contributed by atoms with Gasteiger partial charge in [-0.15, -0.1) is 0 Å². The molecule has 0 aromatic heterocycles. The molecule has 5 nitrogen and oxygen atoms in total. The Morgan fingerprint density at radius 1 is 1.00 bits per heavy atom. The van der Waals surface area contributed by atoms with Gasteiger partial charge in [-0.3, -0.25) is 9.59 Å². The largest absolute Gasteiger partial charge is 0.396 e. The summed E-state index contributed by atoms with van der Waals surface area (Å²) in [5.41, 5.74) is 1.35. The van der Waals surface area contributed by atoms with Gasteiger partial charge in [-0.2, -0.15) is 0 Å². The number of rotatable bonds is 5. The third kappa shape index (κ3) is 4.32. The van der Waals surface area contributed by atoms with Crippen molar-refractivity contribution in [1.82, 2.24) is 5.32 Å². The average Bonchev–Trinajstić information content (AvgIpc) is 3.41. The number of benzene rings is 1. The lowest BCUT2D eigenvalue weighted by atomic mass is 9.86. The summed E-state index contributed by atoms with van der Waals surface area (Å²) in [6, 6.07) is 7.24. The summed E-state index contributed by atoms with van der Waals surface area (Å²) in [7, 11) is 0. The molecule has 0 spiro atoms. The summed E-state index contributed by atoms with van der Waals surface area (Å²) in [4.78, 5) is 24.0. The third-order valence-electron chi connectivity index (χ3n) is 4.80. The highest BCUT2D eigenvalue weighted by molar-refractivity contribution is 5.96. The standard InChI is InChI=1S/C18H24N2O3/c21-11-12-1-7-15(8-2-12)19-18(23)14-5-9-16(10-6-14)20-17(22)13-3-4-13/h5-6,9-10,12-13,15,21H,1-4,7-8,11H2,(H,19,23)(H,20,22). The molecule has 1 aromatic carbocycles. The highest BCUT2D eigenvalue weighted by atomic mass is 16.3. The molecule has 124 valence electrons. The van der Waals surface area contributed by atoms with Gasteiger partial charge in [0, 0.05) is 29.8 Å². The van der Waals surface area contributed by atoms with Crippen molar-refractivity contribution in [2.75, 3.05) is 11.9 Å². The first-order valence-corrected chi connectivity index (χ1v) is 8.48. The smallest absolute Gasteiger partial charge is 0.251 e. The van der Waals surface area contributed by atoms with Gasteiger partial charge >= 0.3 is 0 Å². The Hall–Kier alpha value is -1.88. The quantitative estimate of drug-likeness (QED) is 0.780. The zero-order chi connectivity index (χ0) is 16.2. The first-order valence-electron chi connectivity index (χ1n) is 8.48. The Morgan fingerprint density at radius 2 is 1.65 bits per heavy atom. The molecule has 0 radical (unpaired) electrons. The van der Waals surface area contributed by atoms with Crippen LogP contribution in [0.5, 0.6) is 0 Å². The minimum Gasteiger partial charge on any atom is -0.396 e. The molecule has 2 aliphatic rings. The van der Waals surface area contributed by atoms with E-state index in [1.807, 2.05) is 0 Å². The maximum absolute atomic E-state index is 12.3. The van der Waals surface area contributed by atoms with Crippen molar-refractivity contribution in [2.45, 2.75) is 44.6 Å². The van der Waals surface area contributed by atoms with Crippen LogP contribution in [0.2, 0.25) is 0 Å². The predicted molar refractivity (Wildman–Crippen MR) is 88.1 cm³/mol. The van der Waals surface area contributed by atoms with Gasteiger partial charge in [-0.05, 0) is 68.7 Å². The topological polar surface area (TPSA) is 78.4 Å². The first kappa shape index (κ1) is 16.0. The SMILES string of the molecule is O=C(NC1CCC(CO)CC1)c1ccc(NC(=O)C2CC2)cc1. The molecule has 3 N–H and O–H groups in total. The van der Waals surface area contributed by atoms with Crippen LogP contribution in [0.4, 0.5) is 5.69 Å². The van der Waals surface area contributed by atoms with E-state index in [2.05, 4.69) is 10.6 Å². The fraction of sp³-hybridized carbons (Fsp3) is 0.556. The van der Waals surface area contributed by atoms with Crippen molar-refractivity contribution in [2.24, 2.45) is 11.8 Å². The Bertz CT molecular complexity index is 558. The first-order chi connectivity index (χ1) is 11.2. The number of amides is 2. The summed E-state index contributed by atoms with van der Waals surface area (Å²) in [5, 5.41) is 15.1. The van der Waals surface area contributed by atoms with Gasteiger partial charge in [0.2, 0.25) is 5.91 Å². The van der Waals surface area contributed by atoms with Gasteiger partial charge in [0.25, 0.3) is 5.91 Å². The van der Waals surface area contributed by atoms with E-state index in [-0.39, 0.29) is 30.4 Å². The molecule has 0 aliphatic heterocycles. The molecule has 5 heteroatoms. The number of aliphatic hydroxyl groups excluding tert-OH is 1. The maximum atomic E-state index is 12.3. The summed E-state index contributed by atoms with van der Waals surface area (Å²) in [5.74, 6) is 0.560. The summed E-state index contributed by atoms with van der Waals surface area (Å²) in [6.07, 6.45) is 5.73. The van der Waals surface area contributed by atoms with Gasteiger partial charge in [-0.1, -0.05) is 0 Å². The number of nitrogens with one attached hydrogen (secondary N) is 2. The Kier molecular flexibility index (Phi) is 4.96. The normalized spacial score (nSPS) is 24.0. The van der Waals surface area contributed by atoms with Crippen molar-refractivity contribution in [3.8, 4) is 0 Å². The van der Waals surface area contributed by atoms with E-state index in [1.54, 1.807) is 24.3 Å². The molecule has 0 heterocycles.